The van der Waals surface area contributed by atoms with Crippen LogP contribution in [0.15, 0.2) is 54.6 Å². The van der Waals surface area contributed by atoms with Crippen molar-refractivity contribution >= 4 is 17.6 Å². The van der Waals surface area contributed by atoms with Gasteiger partial charge in [-0.05, 0) is 36.1 Å². The van der Waals surface area contributed by atoms with Gasteiger partial charge in [-0.15, -0.1) is 0 Å². The molecule has 2 aromatic rings. The molecular formula is C19H21N3O3. The molecule has 0 aromatic heterocycles. The molecule has 2 aromatic carbocycles. The van der Waals surface area contributed by atoms with Gasteiger partial charge in [0.25, 0.3) is 5.91 Å². The van der Waals surface area contributed by atoms with Gasteiger partial charge < -0.3 is 10.2 Å². The molecule has 1 atom stereocenters. The third kappa shape index (κ3) is 3.97. The van der Waals surface area contributed by atoms with Gasteiger partial charge in [0.15, 0.2) is 0 Å². The maximum absolute atomic E-state index is 12.1. The Morgan fingerprint density at radius 1 is 0.920 bits per heavy atom. The molecule has 1 saturated heterocycles. The smallest absolute Gasteiger partial charge is 0.321 e. The third-order valence-corrected chi connectivity index (χ3v) is 4.39. The summed E-state index contributed by atoms with van der Waals surface area (Å²) in [4.78, 5) is 26.0. The number of carbonyl (C=O) groups excluding carboxylic acids is 2. The summed E-state index contributed by atoms with van der Waals surface area (Å²) >= 11 is 0. The summed E-state index contributed by atoms with van der Waals surface area (Å²) in [5, 5.41) is 11.9. The van der Waals surface area contributed by atoms with Gasteiger partial charge in [0.2, 0.25) is 0 Å². The second-order valence-electron chi connectivity index (χ2n) is 6.07. The Balaban J connectivity index is 1.77. The van der Waals surface area contributed by atoms with Crippen LogP contribution in [0, 0.1) is 0 Å². The number of nitrogens with zero attached hydrogens (tertiary/aromatic N) is 1. The summed E-state index contributed by atoms with van der Waals surface area (Å²) in [5.41, 5.74) is 3.92. The molecule has 0 bridgehead atoms. The lowest BCUT2D eigenvalue weighted by Gasteiger charge is -2.18. The van der Waals surface area contributed by atoms with E-state index in [0.29, 0.717) is 5.69 Å². The van der Waals surface area contributed by atoms with E-state index in [1.54, 1.807) is 34.6 Å². The van der Waals surface area contributed by atoms with Crippen molar-refractivity contribution in [1.82, 2.24) is 10.4 Å². The summed E-state index contributed by atoms with van der Waals surface area (Å²) in [6.07, 6.45) is 2.09. The minimum absolute atomic E-state index is 0.0991. The van der Waals surface area contributed by atoms with E-state index < -0.39 is 11.8 Å². The standard InChI is InChI=1S/C19H21N3O3/c23-18(21-25)17(14-6-2-1-3-7-14)15-8-10-16(11-9-15)20-19(24)22-12-4-5-13-22/h1-3,6-11,17,25H,4-5,12-13H2,(H,20,24)(H,21,23). The van der Waals surface area contributed by atoms with Crippen LogP contribution < -0.4 is 10.8 Å². The highest BCUT2D eigenvalue weighted by molar-refractivity contribution is 5.90. The molecule has 0 spiro atoms. The molecule has 6 nitrogen and oxygen atoms in total. The Labute approximate surface area is 146 Å². The second-order valence-corrected chi connectivity index (χ2v) is 6.07. The summed E-state index contributed by atoms with van der Waals surface area (Å²) < 4.78 is 0. The van der Waals surface area contributed by atoms with Crippen LogP contribution in [0.2, 0.25) is 0 Å². The van der Waals surface area contributed by atoms with Crippen LogP contribution in [-0.4, -0.2) is 35.1 Å². The van der Waals surface area contributed by atoms with Crippen molar-refractivity contribution in [3.8, 4) is 0 Å². The number of benzene rings is 2. The average Bonchev–Trinajstić information content (AvgIpc) is 3.19. The van der Waals surface area contributed by atoms with Gasteiger partial charge >= 0.3 is 6.03 Å². The summed E-state index contributed by atoms with van der Waals surface area (Å²) in [6.45, 7) is 1.58. The van der Waals surface area contributed by atoms with Crippen LogP contribution in [0.4, 0.5) is 10.5 Å². The topological polar surface area (TPSA) is 81.7 Å². The van der Waals surface area contributed by atoms with Crippen molar-refractivity contribution < 1.29 is 14.8 Å². The number of nitrogens with one attached hydrogen (secondary N) is 2. The van der Waals surface area contributed by atoms with Gasteiger partial charge in [-0.3, -0.25) is 10.0 Å². The van der Waals surface area contributed by atoms with Crippen LogP contribution in [0.5, 0.6) is 0 Å². The summed E-state index contributed by atoms with van der Waals surface area (Å²) in [7, 11) is 0. The summed E-state index contributed by atoms with van der Waals surface area (Å²) in [6, 6.07) is 16.2. The van der Waals surface area contributed by atoms with Gasteiger partial charge in [-0.25, -0.2) is 10.3 Å². The SMILES string of the molecule is O=C(NO)C(c1ccccc1)c1ccc(NC(=O)N2CCCC2)cc1. The van der Waals surface area contributed by atoms with Gasteiger partial charge in [0, 0.05) is 18.8 Å². The van der Waals surface area contributed by atoms with Crippen LogP contribution >= 0.6 is 0 Å². The highest BCUT2D eigenvalue weighted by Crippen LogP contribution is 2.26. The number of likely N-dealkylation sites (tertiary alicyclic amines) is 1. The van der Waals surface area contributed by atoms with Crippen LogP contribution in [0.1, 0.15) is 29.9 Å². The number of hydroxylamine groups is 1. The van der Waals surface area contributed by atoms with E-state index in [0.717, 1.165) is 37.1 Å². The first-order valence-corrected chi connectivity index (χ1v) is 8.34. The number of anilines is 1. The molecule has 1 unspecified atom stereocenters. The quantitative estimate of drug-likeness (QED) is 0.592. The number of urea groups is 1. The Hall–Kier alpha value is -2.86. The molecule has 0 saturated carbocycles. The summed E-state index contributed by atoms with van der Waals surface area (Å²) in [5.74, 6) is -1.12. The normalized spacial score (nSPS) is 14.8. The van der Waals surface area contributed by atoms with E-state index in [1.165, 1.54) is 0 Å². The molecule has 3 amide bonds. The third-order valence-electron chi connectivity index (χ3n) is 4.39. The first-order chi connectivity index (χ1) is 12.2. The molecule has 1 aliphatic heterocycles. The van der Waals surface area contributed by atoms with Gasteiger partial charge in [0.05, 0.1) is 5.92 Å². The Kier molecular flexibility index (Phi) is 5.30. The van der Waals surface area contributed by atoms with Crippen LogP contribution in [0.3, 0.4) is 0 Å². The molecule has 1 fully saturated rings. The van der Waals surface area contributed by atoms with Gasteiger partial charge in [-0.2, -0.15) is 0 Å². The molecule has 25 heavy (non-hydrogen) atoms. The van der Waals surface area contributed by atoms with Gasteiger partial charge in [-0.1, -0.05) is 42.5 Å². The van der Waals surface area contributed by atoms with Crippen molar-refractivity contribution in [2.24, 2.45) is 0 Å². The lowest BCUT2D eigenvalue weighted by molar-refractivity contribution is -0.129. The number of carbonyl (C=O) groups is 2. The fourth-order valence-corrected chi connectivity index (χ4v) is 3.09. The highest BCUT2D eigenvalue weighted by Gasteiger charge is 2.22. The zero-order valence-electron chi connectivity index (χ0n) is 13.8. The fraction of sp³-hybridized carbons (Fsp3) is 0.263. The Morgan fingerprint density at radius 2 is 1.52 bits per heavy atom. The Bertz CT molecular complexity index is 725. The lowest BCUT2D eigenvalue weighted by Crippen LogP contribution is -2.32. The fourth-order valence-electron chi connectivity index (χ4n) is 3.09. The molecule has 130 valence electrons. The van der Waals surface area contributed by atoms with Crippen molar-refractivity contribution in [3.05, 3.63) is 65.7 Å². The van der Waals surface area contributed by atoms with E-state index in [-0.39, 0.29) is 6.03 Å². The maximum atomic E-state index is 12.1. The minimum Gasteiger partial charge on any atom is -0.325 e. The average molecular weight is 339 g/mol. The molecular weight excluding hydrogens is 318 g/mol. The van der Waals surface area contributed by atoms with Crippen LogP contribution in [-0.2, 0) is 4.79 Å². The van der Waals surface area contributed by atoms with E-state index >= 15 is 0 Å². The maximum Gasteiger partial charge on any atom is 0.321 e. The van der Waals surface area contributed by atoms with Gasteiger partial charge in [0.1, 0.15) is 0 Å². The number of rotatable bonds is 4. The monoisotopic (exact) mass is 339 g/mol. The zero-order valence-corrected chi connectivity index (χ0v) is 13.8. The number of hydrogen-bond acceptors (Lipinski definition) is 3. The molecule has 6 heteroatoms. The van der Waals surface area contributed by atoms with E-state index in [1.807, 2.05) is 30.3 Å². The molecule has 1 heterocycles. The van der Waals surface area contributed by atoms with E-state index in [2.05, 4.69) is 5.32 Å². The first kappa shape index (κ1) is 17.0. The molecule has 3 N–H and O–H groups in total. The molecule has 1 aliphatic rings. The van der Waals surface area contributed by atoms with E-state index in [4.69, 9.17) is 5.21 Å². The van der Waals surface area contributed by atoms with Crippen molar-refractivity contribution in [2.45, 2.75) is 18.8 Å². The minimum atomic E-state index is -0.616. The molecule has 0 radical (unpaired) electrons. The number of amides is 3. The molecule has 0 aliphatic carbocycles. The largest absolute Gasteiger partial charge is 0.325 e. The van der Waals surface area contributed by atoms with Crippen molar-refractivity contribution in [2.75, 3.05) is 18.4 Å². The predicted octanol–water partition coefficient (Wildman–Crippen LogP) is 2.95. The Morgan fingerprint density at radius 3 is 2.12 bits per heavy atom. The van der Waals surface area contributed by atoms with Crippen LogP contribution in [0.25, 0.3) is 0 Å². The lowest BCUT2D eigenvalue weighted by atomic mass is 9.90. The first-order valence-electron chi connectivity index (χ1n) is 8.34. The second kappa shape index (κ2) is 7.81. The van der Waals surface area contributed by atoms with Crippen molar-refractivity contribution in [1.29, 1.82) is 0 Å². The predicted molar refractivity (Wildman–Crippen MR) is 94.5 cm³/mol. The molecule has 3 rings (SSSR count). The van der Waals surface area contributed by atoms with Crippen molar-refractivity contribution in [3.63, 3.8) is 0 Å². The van der Waals surface area contributed by atoms with E-state index in [9.17, 15) is 9.59 Å². The highest BCUT2D eigenvalue weighted by atomic mass is 16.5. The zero-order chi connectivity index (χ0) is 17.6. The number of hydrogen-bond donors (Lipinski definition) is 3.